The van der Waals surface area contributed by atoms with E-state index in [2.05, 4.69) is 24.8 Å². The van der Waals surface area contributed by atoms with Crippen molar-refractivity contribution in [3.05, 3.63) is 29.8 Å². The van der Waals surface area contributed by atoms with Gasteiger partial charge in [-0.25, -0.2) is 0 Å². The standard InChI is InChI=1S/C15H23NO/c1-3-5-11-16(12-6-4-2)15-10-8-7-9-14(15)13-17/h7-10,13H,3-6,11-12H2,1-2H3. The zero-order valence-electron chi connectivity index (χ0n) is 11.0. The Bertz CT molecular complexity index is 327. The largest absolute Gasteiger partial charge is 0.371 e. The first-order valence-electron chi connectivity index (χ1n) is 6.62. The summed E-state index contributed by atoms with van der Waals surface area (Å²) < 4.78 is 0. The highest BCUT2D eigenvalue weighted by Crippen LogP contribution is 2.19. The van der Waals surface area contributed by atoms with E-state index >= 15 is 0 Å². The molecule has 0 amide bonds. The van der Waals surface area contributed by atoms with Gasteiger partial charge in [-0.1, -0.05) is 38.8 Å². The Hall–Kier alpha value is -1.31. The lowest BCUT2D eigenvalue weighted by Crippen LogP contribution is -2.26. The van der Waals surface area contributed by atoms with Gasteiger partial charge in [-0.05, 0) is 25.0 Å². The summed E-state index contributed by atoms with van der Waals surface area (Å²) in [4.78, 5) is 13.4. The number of hydrogen-bond donors (Lipinski definition) is 0. The van der Waals surface area contributed by atoms with Gasteiger partial charge < -0.3 is 4.90 Å². The minimum atomic E-state index is 0.805. The number of rotatable bonds is 8. The summed E-state index contributed by atoms with van der Waals surface area (Å²) in [5, 5.41) is 0. The smallest absolute Gasteiger partial charge is 0.152 e. The summed E-state index contributed by atoms with van der Waals surface area (Å²) in [5.74, 6) is 0. The second-order valence-electron chi connectivity index (χ2n) is 4.37. The lowest BCUT2D eigenvalue weighted by atomic mass is 10.1. The van der Waals surface area contributed by atoms with Crippen molar-refractivity contribution in [3.8, 4) is 0 Å². The molecule has 0 N–H and O–H groups in total. The molecule has 0 aliphatic heterocycles. The Morgan fingerprint density at radius 3 is 2.18 bits per heavy atom. The molecule has 0 radical (unpaired) electrons. The number of unbranched alkanes of at least 4 members (excludes halogenated alkanes) is 2. The van der Waals surface area contributed by atoms with Crippen LogP contribution in [0.4, 0.5) is 5.69 Å². The highest BCUT2D eigenvalue weighted by atomic mass is 16.1. The van der Waals surface area contributed by atoms with Gasteiger partial charge in [0.15, 0.2) is 6.29 Å². The minimum Gasteiger partial charge on any atom is -0.371 e. The maximum Gasteiger partial charge on any atom is 0.152 e. The van der Waals surface area contributed by atoms with E-state index in [-0.39, 0.29) is 0 Å². The Balaban J connectivity index is 2.82. The van der Waals surface area contributed by atoms with Crippen molar-refractivity contribution < 1.29 is 4.79 Å². The van der Waals surface area contributed by atoms with Crippen molar-refractivity contribution in [2.24, 2.45) is 0 Å². The average Bonchev–Trinajstić information content (AvgIpc) is 2.39. The summed E-state index contributed by atoms with van der Waals surface area (Å²) in [5.41, 5.74) is 1.89. The topological polar surface area (TPSA) is 20.3 Å². The van der Waals surface area contributed by atoms with Crippen LogP contribution in [0.5, 0.6) is 0 Å². The van der Waals surface area contributed by atoms with Crippen LogP contribution in [0.3, 0.4) is 0 Å². The maximum atomic E-state index is 11.1. The first-order chi connectivity index (χ1) is 8.33. The molecule has 2 nitrogen and oxygen atoms in total. The quantitative estimate of drug-likeness (QED) is 0.635. The summed E-state index contributed by atoms with van der Waals surface area (Å²) in [6, 6.07) is 7.88. The zero-order valence-corrected chi connectivity index (χ0v) is 11.0. The maximum absolute atomic E-state index is 11.1. The number of anilines is 1. The van der Waals surface area contributed by atoms with Crippen LogP contribution in [0.1, 0.15) is 49.9 Å². The van der Waals surface area contributed by atoms with Gasteiger partial charge in [-0.2, -0.15) is 0 Å². The Labute approximate surface area is 105 Å². The zero-order chi connectivity index (χ0) is 12.5. The average molecular weight is 233 g/mol. The summed E-state index contributed by atoms with van der Waals surface area (Å²) in [6.07, 6.45) is 5.69. The van der Waals surface area contributed by atoms with E-state index in [4.69, 9.17) is 0 Å². The molecule has 0 unspecified atom stereocenters. The Morgan fingerprint density at radius 2 is 1.65 bits per heavy atom. The Morgan fingerprint density at radius 1 is 1.06 bits per heavy atom. The number of carbonyl (C=O) groups is 1. The molecule has 17 heavy (non-hydrogen) atoms. The van der Waals surface area contributed by atoms with Gasteiger partial charge in [0.05, 0.1) is 0 Å². The normalized spacial score (nSPS) is 10.2. The first kappa shape index (κ1) is 13.8. The van der Waals surface area contributed by atoms with E-state index in [1.54, 1.807) is 0 Å². The van der Waals surface area contributed by atoms with Crippen molar-refractivity contribution in [1.29, 1.82) is 0 Å². The molecule has 0 fully saturated rings. The van der Waals surface area contributed by atoms with Crippen LogP contribution < -0.4 is 4.90 Å². The molecule has 0 bridgehead atoms. The van der Waals surface area contributed by atoms with Crippen molar-refractivity contribution in [3.63, 3.8) is 0 Å². The lowest BCUT2D eigenvalue weighted by Gasteiger charge is -2.25. The van der Waals surface area contributed by atoms with Crippen LogP contribution in [0.15, 0.2) is 24.3 Å². The van der Waals surface area contributed by atoms with E-state index in [0.29, 0.717) is 0 Å². The van der Waals surface area contributed by atoms with Crippen LogP contribution in [0.25, 0.3) is 0 Å². The second kappa shape index (κ2) is 7.88. The lowest BCUT2D eigenvalue weighted by molar-refractivity contribution is 0.112. The van der Waals surface area contributed by atoms with E-state index in [1.807, 2.05) is 18.2 Å². The van der Waals surface area contributed by atoms with E-state index in [1.165, 1.54) is 25.7 Å². The number of para-hydroxylation sites is 1. The molecule has 0 saturated heterocycles. The van der Waals surface area contributed by atoms with Gasteiger partial charge in [-0.3, -0.25) is 4.79 Å². The molecular formula is C15H23NO. The molecule has 0 aromatic heterocycles. The van der Waals surface area contributed by atoms with Crippen LogP contribution in [0.2, 0.25) is 0 Å². The molecule has 0 heterocycles. The van der Waals surface area contributed by atoms with Crippen LogP contribution in [-0.2, 0) is 0 Å². The van der Waals surface area contributed by atoms with Gasteiger partial charge in [0.2, 0.25) is 0 Å². The second-order valence-corrected chi connectivity index (χ2v) is 4.37. The number of hydrogen-bond acceptors (Lipinski definition) is 2. The fourth-order valence-electron chi connectivity index (χ4n) is 1.93. The molecule has 1 rings (SSSR count). The van der Waals surface area contributed by atoms with Crippen LogP contribution >= 0.6 is 0 Å². The van der Waals surface area contributed by atoms with Gasteiger partial charge in [0.1, 0.15) is 0 Å². The van der Waals surface area contributed by atoms with Crippen LogP contribution in [-0.4, -0.2) is 19.4 Å². The molecule has 0 aliphatic rings. The molecule has 0 spiro atoms. The summed E-state index contributed by atoms with van der Waals surface area (Å²) >= 11 is 0. The molecule has 1 aromatic carbocycles. The highest BCUT2D eigenvalue weighted by Gasteiger charge is 2.09. The molecule has 2 heteroatoms. The van der Waals surface area contributed by atoms with Crippen molar-refractivity contribution in [2.45, 2.75) is 39.5 Å². The van der Waals surface area contributed by atoms with Crippen molar-refractivity contribution in [1.82, 2.24) is 0 Å². The van der Waals surface area contributed by atoms with Gasteiger partial charge in [0, 0.05) is 24.3 Å². The molecule has 0 saturated carbocycles. The molecule has 1 aromatic rings. The van der Waals surface area contributed by atoms with Gasteiger partial charge >= 0.3 is 0 Å². The monoisotopic (exact) mass is 233 g/mol. The minimum absolute atomic E-state index is 0.805. The third kappa shape index (κ3) is 4.22. The Kier molecular flexibility index (Phi) is 6.38. The van der Waals surface area contributed by atoms with Gasteiger partial charge in [0.25, 0.3) is 0 Å². The summed E-state index contributed by atoms with van der Waals surface area (Å²) in [6.45, 7) is 6.48. The van der Waals surface area contributed by atoms with Gasteiger partial charge in [-0.15, -0.1) is 0 Å². The van der Waals surface area contributed by atoms with Crippen molar-refractivity contribution in [2.75, 3.05) is 18.0 Å². The highest BCUT2D eigenvalue weighted by molar-refractivity contribution is 5.84. The first-order valence-corrected chi connectivity index (χ1v) is 6.62. The van der Waals surface area contributed by atoms with Crippen molar-refractivity contribution >= 4 is 12.0 Å². The van der Waals surface area contributed by atoms with E-state index in [9.17, 15) is 4.79 Å². The molecular weight excluding hydrogens is 210 g/mol. The summed E-state index contributed by atoms with van der Waals surface area (Å²) in [7, 11) is 0. The fourth-order valence-corrected chi connectivity index (χ4v) is 1.93. The predicted octanol–water partition coefficient (Wildman–Crippen LogP) is 3.91. The van der Waals surface area contributed by atoms with E-state index in [0.717, 1.165) is 30.6 Å². The fraction of sp³-hybridized carbons (Fsp3) is 0.533. The number of benzene rings is 1. The van der Waals surface area contributed by atoms with E-state index < -0.39 is 0 Å². The predicted molar refractivity (Wildman–Crippen MR) is 73.9 cm³/mol. The molecule has 94 valence electrons. The third-order valence-corrected chi connectivity index (χ3v) is 2.97. The number of aldehydes is 1. The number of nitrogens with zero attached hydrogens (tertiary/aromatic N) is 1. The number of carbonyl (C=O) groups excluding carboxylic acids is 1. The molecule has 0 atom stereocenters. The SMILES string of the molecule is CCCCN(CCCC)c1ccccc1C=O. The van der Waals surface area contributed by atoms with Crippen LogP contribution in [0, 0.1) is 0 Å². The molecule has 0 aliphatic carbocycles. The third-order valence-electron chi connectivity index (χ3n) is 2.97.